The predicted octanol–water partition coefficient (Wildman–Crippen LogP) is 3.14. The van der Waals surface area contributed by atoms with Crippen LogP contribution in [0.4, 0.5) is 0 Å². The number of halogens is 1. The zero-order valence-electron chi connectivity index (χ0n) is 8.71. The van der Waals surface area contributed by atoms with Gasteiger partial charge in [0, 0.05) is 6.54 Å². The average Bonchev–Trinajstić information content (AvgIpc) is 2.26. The molecule has 82 valence electrons. The minimum absolute atomic E-state index is 0.496. The molecule has 15 heavy (non-hydrogen) atoms. The number of benzene rings is 1. The van der Waals surface area contributed by atoms with Gasteiger partial charge in [-0.25, -0.2) is 0 Å². The highest BCUT2D eigenvalue weighted by atomic mass is 35.5. The molecule has 3 heteroatoms. The minimum atomic E-state index is 0.496. The lowest BCUT2D eigenvalue weighted by atomic mass is 10.2. The van der Waals surface area contributed by atoms with Gasteiger partial charge in [0.2, 0.25) is 0 Å². The standard InChI is InChI=1S/C12H16ClNO/c1-2-3-4-7-15-12-6-5-10(9-14)8-11(12)13/h2,5-6,8H,1,3-4,7,9,14H2. The fourth-order valence-corrected chi connectivity index (χ4v) is 1.46. The molecule has 0 radical (unpaired) electrons. The quantitative estimate of drug-likeness (QED) is 0.596. The molecule has 0 aromatic heterocycles. The molecule has 0 atom stereocenters. The zero-order valence-corrected chi connectivity index (χ0v) is 9.46. The highest BCUT2D eigenvalue weighted by Gasteiger charge is 2.01. The first-order valence-corrected chi connectivity index (χ1v) is 5.38. The van der Waals surface area contributed by atoms with E-state index in [-0.39, 0.29) is 0 Å². The Hall–Kier alpha value is -0.990. The number of rotatable bonds is 6. The van der Waals surface area contributed by atoms with Crippen LogP contribution in [0.25, 0.3) is 0 Å². The smallest absolute Gasteiger partial charge is 0.137 e. The van der Waals surface area contributed by atoms with Crippen LogP contribution in [0.1, 0.15) is 18.4 Å². The Bertz CT molecular complexity index is 325. The molecule has 0 spiro atoms. The largest absolute Gasteiger partial charge is 0.492 e. The summed E-state index contributed by atoms with van der Waals surface area (Å²) in [6, 6.07) is 5.62. The number of hydrogen-bond acceptors (Lipinski definition) is 2. The molecule has 2 nitrogen and oxygen atoms in total. The van der Waals surface area contributed by atoms with Crippen molar-refractivity contribution in [1.29, 1.82) is 0 Å². The van der Waals surface area contributed by atoms with E-state index in [0.717, 1.165) is 24.2 Å². The summed E-state index contributed by atoms with van der Waals surface area (Å²) in [6.07, 6.45) is 3.79. The minimum Gasteiger partial charge on any atom is -0.492 e. The second-order valence-corrected chi connectivity index (χ2v) is 3.66. The maximum absolute atomic E-state index is 6.02. The summed E-state index contributed by atoms with van der Waals surface area (Å²) in [5.74, 6) is 0.720. The maximum Gasteiger partial charge on any atom is 0.137 e. The molecule has 0 fully saturated rings. The molecule has 0 unspecified atom stereocenters. The third-order valence-corrected chi connectivity index (χ3v) is 2.34. The van der Waals surface area contributed by atoms with Gasteiger partial charge in [0.25, 0.3) is 0 Å². The molecule has 0 saturated heterocycles. The van der Waals surface area contributed by atoms with Crippen LogP contribution in [-0.4, -0.2) is 6.61 Å². The van der Waals surface area contributed by atoms with Crippen molar-refractivity contribution in [3.63, 3.8) is 0 Å². The summed E-state index contributed by atoms with van der Waals surface area (Å²) in [4.78, 5) is 0. The number of nitrogens with two attached hydrogens (primary N) is 1. The molecule has 2 N–H and O–H groups in total. The summed E-state index contributed by atoms with van der Waals surface area (Å²) in [5.41, 5.74) is 6.51. The highest BCUT2D eigenvalue weighted by Crippen LogP contribution is 2.25. The van der Waals surface area contributed by atoms with Gasteiger partial charge in [-0.15, -0.1) is 6.58 Å². The van der Waals surface area contributed by atoms with Gasteiger partial charge in [-0.3, -0.25) is 0 Å². The molecule has 0 bridgehead atoms. The predicted molar refractivity (Wildman–Crippen MR) is 64.3 cm³/mol. The van der Waals surface area contributed by atoms with E-state index >= 15 is 0 Å². The summed E-state index contributed by atoms with van der Waals surface area (Å²) in [6.45, 7) is 4.81. The number of allylic oxidation sites excluding steroid dienone is 1. The van der Waals surface area contributed by atoms with Crippen molar-refractivity contribution in [1.82, 2.24) is 0 Å². The Morgan fingerprint density at radius 1 is 1.47 bits per heavy atom. The van der Waals surface area contributed by atoms with Crippen LogP contribution in [0.15, 0.2) is 30.9 Å². The topological polar surface area (TPSA) is 35.2 Å². The van der Waals surface area contributed by atoms with E-state index in [1.54, 1.807) is 0 Å². The fraction of sp³-hybridized carbons (Fsp3) is 0.333. The van der Waals surface area contributed by atoms with E-state index in [1.807, 2.05) is 24.3 Å². The fourth-order valence-electron chi connectivity index (χ4n) is 1.20. The van der Waals surface area contributed by atoms with Crippen molar-refractivity contribution in [3.05, 3.63) is 41.4 Å². The molecule has 0 aliphatic heterocycles. The molecule has 0 saturated carbocycles. The van der Waals surface area contributed by atoms with E-state index in [2.05, 4.69) is 6.58 Å². The summed E-state index contributed by atoms with van der Waals surface area (Å²) >= 11 is 6.02. The number of hydrogen-bond donors (Lipinski definition) is 1. The lowest BCUT2D eigenvalue weighted by Crippen LogP contribution is -1.99. The second kappa shape index (κ2) is 6.49. The monoisotopic (exact) mass is 225 g/mol. The van der Waals surface area contributed by atoms with Crippen molar-refractivity contribution in [2.45, 2.75) is 19.4 Å². The van der Waals surface area contributed by atoms with Gasteiger partial charge < -0.3 is 10.5 Å². The van der Waals surface area contributed by atoms with Gasteiger partial charge in [0.1, 0.15) is 5.75 Å². The van der Waals surface area contributed by atoms with Crippen molar-refractivity contribution >= 4 is 11.6 Å². The van der Waals surface area contributed by atoms with Crippen LogP contribution in [0.5, 0.6) is 5.75 Å². The molecular weight excluding hydrogens is 210 g/mol. The van der Waals surface area contributed by atoms with Gasteiger partial charge in [-0.05, 0) is 30.5 Å². The van der Waals surface area contributed by atoms with Crippen LogP contribution >= 0.6 is 11.6 Å². The molecule has 0 aliphatic carbocycles. The Morgan fingerprint density at radius 2 is 2.27 bits per heavy atom. The summed E-state index contributed by atoms with van der Waals surface area (Å²) in [5, 5.41) is 0.622. The molecule has 1 rings (SSSR count). The molecule has 0 aliphatic rings. The van der Waals surface area contributed by atoms with Crippen molar-refractivity contribution in [2.75, 3.05) is 6.61 Å². The van der Waals surface area contributed by atoms with Crippen molar-refractivity contribution < 1.29 is 4.74 Å². The maximum atomic E-state index is 6.02. The molecule has 0 heterocycles. The van der Waals surface area contributed by atoms with E-state index in [4.69, 9.17) is 22.1 Å². The first-order chi connectivity index (χ1) is 7.27. The second-order valence-electron chi connectivity index (χ2n) is 3.25. The third-order valence-electron chi connectivity index (χ3n) is 2.04. The van der Waals surface area contributed by atoms with Gasteiger partial charge in [-0.2, -0.15) is 0 Å². The molecule has 1 aromatic carbocycles. The first kappa shape index (κ1) is 12.1. The summed E-state index contributed by atoms with van der Waals surface area (Å²) in [7, 11) is 0. The van der Waals surface area contributed by atoms with E-state index in [9.17, 15) is 0 Å². The van der Waals surface area contributed by atoms with E-state index in [1.165, 1.54) is 0 Å². The lowest BCUT2D eigenvalue weighted by Gasteiger charge is -2.08. The number of unbranched alkanes of at least 4 members (excludes halogenated alkanes) is 1. The van der Waals surface area contributed by atoms with Gasteiger partial charge >= 0.3 is 0 Å². The van der Waals surface area contributed by atoms with E-state index < -0.39 is 0 Å². The Kier molecular flexibility index (Phi) is 5.22. The molecule has 1 aromatic rings. The Balaban J connectivity index is 2.50. The van der Waals surface area contributed by atoms with Crippen LogP contribution in [-0.2, 0) is 6.54 Å². The zero-order chi connectivity index (χ0) is 11.1. The lowest BCUT2D eigenvalue weighted by molar-refractivity contribution is 0.312. The molecular formula is C12H16ClNO. The van der Waals surface area contributed by atoms with Gasteiger partial charge in [0.15, 0.2) is 0 Å². The average molecular weight is 226 g/mol. The van der Waals surface area contributed by atoms with Crippen LogP contribution < -0.4 is 10.5 Å². The Labute approximate surface area is 95.7 Å². The molecule has 0 amide bonds. The van der Waals surface area contributed by atoms with E-state index in [0.29, 0.717) is 18.2 Å². The van der Waals surface area contributed by atoms with Crippen LogP contribution in [0, 0.1) is 0 Å². The van der Waals surface area contributed by atoms with Crippen molar-refractivity contribution in [3.8, 4) is 5.75 Å². The highest BCUT2D eigenvalue weighted by molar-refractivity contribution is 6.32. The SMILES string of the molecule is C=CCCCOc1ccc(CN)cc1Cl. The van der Waals surface area contributed by atoms with Crippen LogP contribution in [0.3, 0.4) is 0 Å². The van der Waals surface area contributed by atoms with Crippen LogP contribution in [0.2, 0.25) is 5.02 Å². The van der Waals surface area contributed by atoms with Gasteiger partial charge in [-0.1, -0.05) is 23.7 Å². The Morgan fingerprint density at radius 3 is 2.87 bits per heavy atom. The number of ether oxygens (including phenoxy) is 1. The van der Waals surface area contributed by atoms with Gasteiger partial charge in [0.05, 0.1) is 11.6 Å². The summed E-state index contributed by atoms with van der Waals surface area (Å²) < 4.78 is 5.52. The normalized spacial score (nSPS) is 10.0. The third kappa shape index (κ3) is 3.94. The first-order valence-electron chi connectivity index (χ1n) is 5.00. The van der Waals surface area contributed by atoms with Crippen molar-refractivity contribution in [2.24, 2.45) is 5.73 Å².